The summed E-state index contributed by atoms with van der Waals surface area (Å²) in [4.78, 5) is 0. The van der Waals surface area contributed by atoms with Crippen molar-refractivity contribution in [1.82, 2.24) is 0 Å². The summed E-state index contributed by atoms with van der Waals surface area (Å²) in [6.45, 7) is 12.0. The largest absolute Gasteiger partial charge is 0.373 e. The first-order chi connectivity index (χ1) is 8.15. The molecule has 102 valence electrons. The van der Waals surface area contributed by atoms with Gasteiger partial charge in [0.2, 0.25) is 0 Å². The van der Waals surface area contributed by atoms with E-state index in [-0.39, 0.29) is 30.5 Å². The third kappa shape index (κ3) is 3.65. The first-order valence-corrected chi connectivity index (χ1v) is 6.65. The van der Waals surface area contributed by atoms with Crippen molar-refractivity contribution in [2.45, 2.75) is 65.1 Å². The summed E-state index contributed by atoms with van der Waals surface area (Å²) in [5, 5.41) is 0. The second kappa shape index (κ2) is 7.31. The molecule has 1 fully saturated rings. The van der Waals surface area contributed by atoms with Crippen LogP contribution in [0.1, 0.15) is 34.6 Å². The number of ether oxygens (including phenoxy) is 4. The van der Waals surface area contributed by atoms with Gasteiger partial charge in [0.25, 0.3) is 0 Å². The molecule has 4 nitrogen and oxygen atoms in total. The lowest BCUT2D eigenvalue weighted by Gasteiger charge is -2.44. The van der Waals surface area contributed by atoms with E-state index in [4.69, 9.17) is 18.9 Å². The monoisotopic (exact) mass is 246 g/mol. The van der Waals surface area contributed by atoms with Crippen LogP contribution in [0.25, 0.3) is 0 Å². The molecule has 1 aliphatic heterocycles. The summed E-state index contributed by atoms with van der Waals surface area (Å²) in [7, 11) is 0. The highest BCUT2D eigenvalue weighted by Crippen LogP contribution is 2.27. The molecule has 1 rings (SSSR count). The normalized spacial score (nSPS) is 38.3. The van der Waals surface area contributed by atoms with Gasteiger partial charge < -0.3 is 18.9 Å². The standard InChI is InChI=1S/C13H26O4/c1-6-14-11-9(4)17-10(5)12(15-7-2)13(11)16-8-3/h9-13H,6-8H2,1-5H3/t9-,10-,11-,12-/m0/s1. The average molecular weight is 246 g/mol. The molecule has 0 aromatic rings. The lowest BCUT2D eigenvalue weighted by atomic mass is 9.95. The highest BCUT2D eigenvalue weighted by Gasteiger charge is 2.44. The van der Waals surface area contributed by atoms with E-state index in [0.29, 0.717) is 19.8 Å². The van der Waals surface area contributed by atoms with E-state index in [1.54, 1.807) is 0 Å². The molecule has 0 saturated carbocycles. The molecule has 0 aromatic carbocycles. The zero-order valence-electron chi connectivity index (χ0n) is 11.6. The van der Waals surface area contributed by atoms with E-state index < -0.39 is 0 Å². The Bertz CT molecular complexity index is 192. The van der Waals surface area contributed by atoms with Gasteiger partial charge in [0.1, 0.15) is 18.3 Å². The fourth-order valence-corrected chi connectivity index (χ4v) is 2.44. The molecule has 0 amide bonds. The summed E-state index contributed by atoms with van der Waals surface area (Å²) in [5.41, 5.74) is 0. The SMILES string of the molecule is CCOC1[C@@H](OCC)[C@H](C)O[C@@H](C)[C@@H]1OCC. The minimum atomic E-state index is -0.0484. The van der Waals surface area contributed by atoms with Crippen molar-refractivity contribution in [1.29, 1.82) is 0 Å². The van der Waals surface area contributed by atoms with Crippen LogP contribution < -0.4 is 0 Å². The molecule has 17 heavy (non-hydrogen) atoms. The van der Waals surface area contributed by atoms with Crippen LogP contribution in [-0.4, -0.2) is 50.3 Å². The molecular formula is C13H26O4. The highest BCUT2D eigenvalue weighted by molar-refractivity contribution is 4.92. The van der Waals surface area contributed by atoms with Gasteiger partial charge in [-0.1, -0.05) is 0 Å². The first kappa shape index (κ1) is 14.9. The maximum absolute atomic E-state index is 5.86. The van der Waals surface area contributed by atoms with Crippen LogP contribution in [0.15, 0.2) is 0 Å². The fourth-order valence-electron chi connectivity index (χ4n) is 2.44. The van der Waals surface area contributed by atoms with Gasteiger partial charge in [-0.15, -0.1) is 0 Å². The number of hydrogen-bond donors (Lipinski definition) is 0. The minimum absolute atomic E-state index is 0.0400. The van der Waals surface area contributed by atoms with Crippen LogP contribution in [0.5, 0.6) is 0 Å². The van der Waals surface area contributed by atoms with Crippen molar-refractivity contribution in [2.24, 2.45) is 0 Å². The number of hydrogen-bond acceptors (Lipinski definition) is 4. The second-order valence-corrected chi connectivity index (χ2v) is 4.31. The predicted molar refractivity (Wildman–Crippen MR) is 66.3 cm³/mol. The molecule has 0 N–H and O–H groups in total. The summed E-state index contributed by atoms with van der Waals surface area (Å²) in [6.07, 6.45) is -0.0598. The third-order valence-electron chi connectivity index (χ3n) is 3.08. The van der Waals surface area contributed by atoms with Crippen molar-refractivity contribution in [3.63, 3.8) is 0 Å². The number of rotatable bonds is 6. The quantitative estimate of drug-likeness (QED) is 0.718. The van der Waals surface area contributed by atoms with E-state index in [9.17, 15) is 0 Å². The van der Waals surface area contributed by atoms with Crippen LogP contribution in [-0.2, 0) is 18.9 Å². The first-order valence-electron chi connectivity index (χ1n) is 6.65. The van der Waals surface area contributed by atoms with Crippen LogP contribution >= 0.6 is 0 Å². The Morgan fingerprint density at radius 3 is 1.41 bits per heavy atom. The molecule has 1 saturated heterocycles. The molecule has 0 radical (unpaired) electrons. The molecule has 1 aliphatic rings. The molecule has 0 aliphatic carbocycles. The minimum Gasteiger partial charge on any atom is -0.373 e. The van der Waals surface area contributed by atoms with Gasteiger partial charge in [-0.05, 0) is 34.6 Å². The van der Waals surface area contributed by atoms with Crippen molar-refractivity contribution < 1.29 is 18.9 Å². The van der Waals surface area contributed by atoms with Gasteiger partial charge >= 0.3 is 0 Å². The van der Waals surface area contributed by atoms with E-state index >= 15 is 0 Å². The maximum Gasteiger partial charge on any atom is 0.115 e. The molecule has 4 heteroatoms. The smallest absolute Gasteiger partial charge is 0.115 e. The lowest BCUT2D eigenvalue weighted by Crippen LogP contribution is -2.58. The molecule has 0 bridgehead atoms. The molecule has 0 spiro atoms. The Morgan fingerprint density at radius 2 is 1.06 bits per heavy atom. The van der Waals surface area contributed by atoms with Crippen LogP contribution in [0, 0.1) is 0 Å². The lowest BCUT2D eigenvalue weighted by molar-refractivity contribution is -0.247. The zero-order chi connectivity index (χ0) is 12.8. The predicted octanol–water partition coefficient (Wildman–Crippen LogP) is 2.01. The maximum atomic E-state index is 5.86. The Hall–Kier alpha value is -0.160. The highest BCUT2D eigenvalue weighted by atomic mass is 16.6. The third-order valence-corrected chi connectivity index (χ3v) is 3.08. The van der Waals surface area contributed by atoms with E-state index in [0.717, 1.165) is 0 Å². The van der Waals surface area contributed by atoms with Crippen LogP contribution in [0.2, 0.25) is 0 Å². The van der Waals surface area contributed by atoms with E-state index in [1.165, 1.54) is 0 Å². The molecule has 0 aromatic heterocycles. The van der Waals surface area contributed by atoms with Gasteiger partial charge in [0.15, 0.2) is 0 Å². The van der Waals surface area contributed by atoms with Gasteiger partial charge in [-0.3, -0.25) is 0 Å². The van der Waals surface area contributed by atoms with Gasteiger partial charge in [-0.2, -0.15) is 0 Å². The van der Waals surface area contributed by atoms with E-state index in [1.807, 2.05) is 34.6 Å². The van der Waals surface area contributed by atoms with Gasteiger partial charge in [0, 0.05) is 19.8 Å². The Morgan fingerprint density at radius 1 is 0.706 bits per heavy atom. The molecule has 4 atom stereocenters. The molecule has 0 unspecified atom stereocenters. The van der Waals surface area contributed by atoms with Crippen LogP contribution in [0.3, 0.4) is 0 Å². The molecular weight excluding hydrogens is 220 g/mol. The second-order valence-electron chi connectivity index (χ2n) is 4.31. The van der Waals surface area contributed by atoms with Crippen molar-refractivity contribution in [2.75, 3.05) is 19.8 Å². The van der Waals surface area contributed by atoms with E-state index in [2.05, 4.69) is 0 Å². The summed E-state index contributed by atoms with van der Waals surface area (Å²) < 4.78 is 23.2. The summed E-state index contributed by atoms with van der Waals surface area (Å²) >= 11 is 0. The van der Waals surface area contributed by atoms with Crippen molar-refractivity contribution in [3.05, 3.63) is 0 Å². The van der Waals surface area contributed by atoms with Gasteiger partial charge in [-0.25, -0.2) is 0 Å². The average Bonchev–Trinajstić information content (AvgIpc) is 2.29. The molecule has 1 heterocycles. The van der Waals surface area contributed by atoms with Crippen molar-refractivity contribution >= 4 is 0 Å². The Kier molecular flexibility index (Phi) is 6.41. The van der Waals surface area contributed by atoms with Crippen LogP contribution in [0.4, 0.5) is 0 Å². The summed E-state index contributed by atoms with van der Waals surface area (Å²) in [6, 6.07) is 0. The zero-order valence-corrected chi connectivity index (χ0v) is 11.6. The fraction of sp³-hybridized carbons (Fsp3) is 1.00. The van der Waals surface area contributed by atoms with Gasteiger partial charge in [0.05, 0.1) is 12.2 Å². The van der Waals surface area contributed by atoms with Crippen molar-refractivity contribution in [3.8, 4) is 0 Å². The summed E-state index contributed by atoms with van der Waals surface area (Å²) in [5.74, 6) is 0. The Labute approximate surface area is 105 Å². The topological polar surface area (TPSA) is 36.9 Å². The Balaban J connectivity index is 2.78.